The molecular weight excluding hydrogens is 275 g/mol. The van der Waals surface area contributed by atoms with Crippen LogP contribution in [0.2, 0.25) is 0 Å². The Hall–Kier alpha value is -0.820. The topological polar surface area (TPSA) is 58.6 Å². The Bertz CT molecular complexity index is 302. The van der Waals surface area contributed by atoms with Gasteiger partial charge in [-0.2, -0.15) is 13.2 Å². The van der Waals surface area contributed by atoms with Crippen LogP contribution in [0.5, 0.6) is 0 Å². The van der Waals surface area contributed by atoms with Crippen molar-refractivity contribution in [1.82, 2.24) is 5.32 Å². The lowest BCUT2D eigenvalue weighted by atomic mass is 9.74. The summed E-state index contributed by atoms with van der Waals surface area (Å²) in [5.74, 6) is -0.342. The van der Waals surface area contributed by atoms with Crippen LogP contribution in [0.3, 0.4) is 0 Å². The maximum atomic E-state index is 11.8. The van der Waals surface area contributed by atoms with E-state index in [0.29, 0.717) is 6.54 Å². The zero-order chi connectivity index (χ0) is 15.1. The molecule has 0 bridgehead atoms. The highest BCUT2D eigenvalue weighted by Crippen LogP contribution is 2.35. The van der Waals surface area contributed by atoms with Crippen molar-refractivity contribution in [2.24, 2.45) is 5.41 Å². The molecule has 0 aromatic carbocycles. The number of carbonyl (C=O) groups excluding carboxylic acids is 1. The molecule has 118 valence electrons. The molecule has 0 saturated heterocycles. The van der Waals surface area contributed by atoms with E-state index >= 15 is 0 Å². The van der Waals surface area contributed by atoms with Crippen LogP contribution in [-0.4, -0.2) is 43.6 Å². The minimum absolute atomic E-state index is 0.0256. The molecule has 0 atom stereocenters. The van der Waals surface area contributed by atoms with Gasteiger partial charge in [-0.25, -0.2) is 0 Å². The van der Waals surface area contributed by atoms with Crippen LogP contribution in [0.25, 0.3) is 0 Å². The van der Waals surface area contributed by atoms with E-state index in [1.807, 2.05) is 0 Å². The van der Waals surface area contributed by atoms with Crippen LogP contribution in [0, 0.1) is 5.41 Å². The number of amides is 1. The summed E-state index contributed by atoms with van der Waals surface area (Å²) in [6.45, 7) is -1.18. The molecule has 4 nitrogen and oxygen atoms in total. The van der Waals surface area contributed by atoms with Gasteiger partial charge in [-0.1, -0.05) is 19.3 Å². The van der Waals surface area contributed by atoms with Crippen LogP contribution in [0.1, 0.15) is 38.5 Å². The van der Waals surface area contributed by atoms with Crippen molar-refractivity contribution in [2.45, 2.75) is 44.7 Å². The average molecular weight is 297 g/mol. The van der Waals surface area contributed by atoms with Crippen LogP contribution < -0.4 is 5.32 Å². The molecule has 20 heavy (non-hydrogen) atoms. The number of aliphatic hydroxyl groups is 1. The van der Waals surface area contributed by atoms with Crippen molar-refractivity contribution >= 4 is 5.91 Å². The number of carbonyl (C=O) groups is 1. The first-order valence-electron chi connectivity index (χ1n) is 6.89. The molecule has 0 aliphatic heterocycles. The molecule has 0 spiro atoms. The first kappa shape index (κ1) is 17.2. The minimum Gasteiger partial charge on any atom is -0.396 e. The summed E-state index contributed by atoms with van der Waals surface area (Å²) >= 11 is 0. The fraction of sp³-hybridized carbons (Fsp3) is 0.923. The van der Waals surface area contributed by atoms with Gasteiger partial charge in [-0.3, -0.25) is 4.79 Å². The van der Waals surface area contributed by atoms with Crippen molar-refractivity contribution in [3.05, 3.63) is 0 Å². The second-order valence-corrected chi connectivity index (χ2v) is 5.41. The van der Waals surface area contributed by atoms with E-state index in [0.717, 1.165) is 32.1 Å². The molecule has 7 heteroatoms. The predicted molar refractivity (Wildman–Crippen MR) is 67.1 cm³/mol. The fourth-order valence-corrected chi connectivity index (χ4v) is 2.42. The summed E-state index contributed by atoms with van der Waals surface area (Å²) in [7, 11) is 0. The number of hydrogen-bond donors (Lipinski definition) is 2. The zero-order valence-electron chi connectivity index (χ0n) is 11.5. The van der Waals surface area contributed by atoms with Gasteiger partial charge in [0, 0.05) is 18.4 Å². The molecule has 1 aliphatic rings. The molecule has 0 aromatic heterocycles. The maximum Gasteiger partial charge on any atom is 0.411 e. The number of nitrogens with one attached hydrogen (secondary N) is 1. The van der Waals surface area contributed by atoms with Gasteiger partial charge < -0.3 is 15.2 Å². The van der Waals surface area contributed by atoms with Crippen molar-refractivity contribution in [2.75, 3.05) is 26.4 Å². The first-order valence-corrected chi connectivity index (χ1v) is 6.89. The summed E-state index contributed by atoms with van der Waals surface area (Å²) < 4.78 is 39.8. The van der Waals surface area contributed by atoms with Crippen LogP contribution in [0.15, 0.2) is 0 Å². The monoisotopic (exact) mass is 297 g/mol. The zero-order valence-corrected chi connectivity index (χ0v) is 11.5. The van der Waals surface area contributed by atoms with Gasteiger partial charge >= 0.3 is 6.18 Å². The number of rotatable bonds is 7. The fourth-order valence-electron chi connectivity index (χ4n) is 2.42. The Morgan fingerprint density at radius 1 is 1.25 bits per heavy atom. The lowest BCUT2D eigenvalue weighted by Crippen LogP contribution is -2.41. The van der Waals surface area contributed by atoms with Gasteiger partial charge in [0.15, 0.2) is 0 Å². The summed E-state index contributed by atoms with van der Waals surface area (Å²) in [6, 6.07) is 0. The van der Waals surface area contributed by atoms with E-state index in [2.05, 4.69) is 10.1 Å². The molecule has 1 saturated carbocycles. The number of hydrogen-bond acceptors (Lipinski definition) is 3. The maximum absolute atomic E-state index is 11.8. The highest BCUT2D eigenvalue weighted by atomic mass is 19.4. The van der Waals surface area contributed by atoms with Gasteiger partial charge in [-0.15, -0.1) is 0 Å². The SMILES string of the molecule is O=C(CCOCC(F)(F)F)NCC1(CO)CCCCC1. The normalized spacial score (nSPS) is 18.8. The molecule has 0 unspecified atom stereocenters. The van der Waals surface area contributed by atoms with Crippen molar-refractivity contribution in [3.8, 4) is 0 Å². The molecule has 1 amide bonds. The van der Waals surface area contributed by atoms with E-state index in [4.69, 9.17) is 0 Å². The van der Waals surface area contributed by atoms with Crippen LogP contribution in [0.4, 0.5) is 13.2 Å². The molecule has 2 N–H and O–H groups in total. The van der Waals surface area contributed by atoms with Crippen molar-refractivity contribution in [3.63, 3.8) is 0 Å². The van der Waals surface area contributed by atoms with E-state index in [1.165, 1.54) is 0 Å². The highest BCUT2D eigenvalue weighted by molar-refractivity contribution is 5.76. The average Bonchev–Trinajstić information content (AvgIpc) is 2.41. The number of halogens is 3. The molecule has 0 heterocycles. The Morgan fingerprint density at radius 2 is 1.90 bits per heavy atom. The standard InChI is InChI=1S/C13H22F3NO3/c14-13(15,16)10-20-7-4-11(19)17-8-12(9-18)5-2-1-3-6-12/h18H,1-10H2,(H,17,19). The summed E-state index contributed by atoms with van der Waals surface area (Å²) in [5, 5.41) is 12.1. The molecule has 1 rings (SSSR count). The number of aliphatic hydroxyl groups excluding tert-OH is 1. The van der Waals surface area contributed by atoms with Gasteiger partial charge in [0.25, 0.3) is 0 Å². The Balaban J connectivity index is 2.18. The van der Waals surface area contributed by atoms with E-state index in [1.54, 1.807) is 0 Å². The third-order valence-corrected chi connectivity index (χ3v) is 3.65. The van der Waals surface area contributed by atoms with E-state index in [-0.39, 0.29) is 31.0 Å². The summed E-state index contributed by atoms with van der Waals surface area (Å²) in [4.78, 5) is 11.5. The van der Waals surface area contributed by atoms with Gasteiger partial charge in [-0.05, 0) is 12.8 Å². The predicted octanol–water partition coefficient (Wildman–Crippen LogP) is 2.01. The smallest absolute Gasteiger partial charge is 0.396 e. The van der Waals surface area contributed by atoms with Crippen molar-refractivity contribution in [1.29, 1.82) is 0 Å². The van der Waals surface area contributed by atoms with Gasteiger partial charge in [0.1, 0.15) is 6.61 Å². The van der Waals surface area contributed by atoms with Crippen LogP contribution >= 0.6 is 0 Å². The second kappa shape index (κ2) is 7.83. The molecule has 0 aromatic rings. The van der Waals surface area contributed by atoms with Crippen molar-refractivity contribution < 1.29 is 27.8 Å². The molecular formula is C13H22F3NO3. The Labute approximate surface area is 116 Å². The van der Waals surface area contributed by atoms with E-state index in [9.17, 15) is 23.1 Å². The summed E-state index contributed by atoms with van der Waals surface area (Å²) in [5.41, 5.74) is -0.263. The third-order valence-electron chi connectivity index (χ3n) is 3.65. The lowest BCUT2D eigenvalue weighted by molar-refractivity contribution is -0.174. The van der Waals surface area contributed by atoms with E-state index < -0.39 is 12.8 Å². The van der Waals surface area contributed by atoms with Gasteiger partial charge in [0.05, 0.1) is 13.2 Å². The second-order valence-electron chi connectivity index (χ2n) is 5.41. The third kappa shape index (κ3) is 6.56. The van der Waals surface area contributed by atoms with Gasteiger partial charge in [0.2, 0.25) is 5.91 Å². The molecule has 1 aliphatic carbocycles. The lowest BCUT2D eigenvalue weighted by Gasteiger charge is -2.35. The highest BCUT2D eigenvalue weighted by Gasteiger charge is 2.31. The van der Waals surface area contributed by atoms with Crippen LogP contribution in [-0.2, 0) is 9.53 Å². The Morgan fingerprint density at radius 3 is 2.45 bits per heavy atom. The number of alkyl halides is 3. The summed E-state index contributed by atoms with van der Waals surface area (Å²) in [6.07, 6.45) is 0.483. The first-order chi connectivity index (χ1) is 9.37. The molecule has 1 fully saturated rings. The minimum atomic E-state index is -4.36. The molecule has 0 radical (unpaired) electrons. The Kier molecular flexibility index (Phi) is 6.75. The quantitative estimate of drug-likeness (QED) is 0.707. The number of ether oxygens (including phenoxy) is 1. The largest absolute Gasteiger partial charge is 0.411 e.